The first kappa shape index (κ1) is 22.5. The summed E-state index contributed by atoms with van der Waals surface area (Å²) in [6.45, 7) is 5.20. The molecule has 1 saturated carbocycles. The lowest BCUT2D eigenvalue weighted by atomic mass is 9.79. The summed E-state index contributed by atoms with van der Waals surface area (Å²) in [6, 6.07) is 17.7. The van der Waals surface area contributed by atoms with Gasteiger partial charge >= 0.3 is 0 Å². The van der Waals surface area contributed by atoms with E-state index in [0.29, 0.717) is 11.8 Å². The minimum absolute atomic E-state index is 0.544. The number of hydrogen-bond acceptors (Lipinski definition) is 1. The van der Waals surface area contributed by atoms with E-state index in [2.05, 4.69) is 74.2 Å². The molecule has 3 rings (SSSR count). The Labute approximate surface area is 184 Å². The fourth-order valence-electron chi connectivity index (χ4n) is 4.32. The number of unbranched alkanes of at least 4 members (excludes halogenated alkanes) is 3. The quantitative estimate of drug-likeness (QED) is 0.306. The van der Waals surface area contributed by atoms with Gasteiger partial charge in [0.2, 0.25) is 0 Å². The molecule has 0 radical (unpaired) electrons. The van der Waals surface area contributed by atoms with E-state index < -0.39 is 0 Å². The van der Waals surface area contributed by atoms with Gasteiger partial charge in [-0.05, 0) is 86.3 Å². The van der Waals surface area contributed by atoms with Gasteiger partial charge in [-0.2, -0.15) is 0 Å². The van der Waals surface area contributed by atoms with E-state index in [9.17, 15) is 0 Å². The fraction of sp³-hybridized carbons (Fsp3) is 0.517. The highest BCUT2D eigenvalue weighted by molar-refractivity contribution is 5.37. The first-order valence-electron chi connectivity index (χ1n) is 12.1. The van der Waals surface area contributed by atoms with E-state index in [4.69, 9.17) is 4.74 Å². The lowest BCUT2D eigenvalue weighted by molar-refractivity contribution is 0.317. The Morgan fingerprint density at radius 3 is 2.20 bits per heavy atom. The average molecular weight is 403 g/mol. The second-order valence-electron chi connectivity index (χ2n) is 8.74. The third kappa shape index (κ3) is 7.24. The van der Waals surface area contributed by atoms with Crippen LogP contribution in [0.2, 0.25) is 0 Å². The van der Waals surface area contributed by atoms with E-state index in [-0.39, 0.29) is 0 Å². The van der Waals surface area contributed by atoms with Crippen LogP contribution in [0.3, 0.4) is 0 Å². The third-order valence-corrected chi connectivity index (χ3v) is 6.25. The smallest absolute Gasteiger partial charge is 0.119 e. The molecule has 0 bridgehead atoms. The Morgan fingerprint density at radius 2 is 1.53 bits per heavy atom. The molecule has 2 aromatic rings. The molecule has 2 aromatic carbocycles. The van der Waals surface area contributed by atoms with E-state index in [0.717, 1.165) is 24.3 Å². The van der Waals surface area contributed by atoms with Crippen molar-refractivity contribution in [3.8, 4) is 17.6 Å². The molecule has 160 valence electrons. The number of ether oxygens (including phenoxy) is 1. The third-order valence-electron chi connectivity index (χ3n) is 6.25. The van der Waals surface area contributed by atoms with Crippen molar-refractivity contribution in [2.24, 2.45) is 5.92 Å². The predicted octanol–water partition coefficient (Wildman–Crippen LogP) is 7.92. The molecule has 1 nitrogen and oxygen atoms in total. The van der Waals surface area contributed by atoms with Crippen molar-refractivity contribution in [3.05, 3.63) is 65.2 Å². The van der Waals surface area contributed by atoms with Crippen LogP contribution in [-0.4, -0.2) is 6.61 Å². The first-order chi connectivity index (χ1) is 14.8. The molecule has 1 aliphatic rings. The van der Waals surface area contributed by atoms with Gasteiger partial charge in [-0.25, -0.2) is 0 Å². The maximum atomic E-state index is 5.71. The second kappa shape index (κ2) is 12.5. The summed E-state index contributed by atoms with van der Waals surface area (Å²) < 4.78 is 5.71. The van der Waals surface area contributed by atoms with Crippen LogP contribution in [0, 0.1) is 17.8 Å². The summed E-state index contributed by atoms with van der Waals surface area (Å²) in [7, 11) is 0. The zero-order chi connectivity index (χ0) is 21.0. The van der Waals surface area contributed by atoms with Crippen molar-refractivity contribution < 1.29 is 4.74 Å². The van der Waals surface area contributed by atoms with Gasteiger partial charge in [0.05, 0.1) is 6.61 Å². The zero-order valence-corrected chi connectivity index (χ0v) is 19.0. The monoisotopic (exact) mass is 402 g/mol. The molecule has 1 fully saturated rings. The van der Waals surface area contributed by atoms with Crippen LogP contribution < -0.4 is 4.74 Å². The van der Waals surface area contributed by atoms with Gasteiger partial charge in [0.1, 0.15) is 5.75 Å². The minimum atomic E-state index is 0.544. The van der Waals surface area contributed by atoms with Crippen molar-refractivity contribution >= 4 is 0 Å². The highest BCUT2D eigenvalue weighted by atomic mass is 16.5. The standard InChI is InChI=1S/C29H38O/c1-3-5-6-7-8-24-9-11-25(12-10-24)13-14-26-15-17-27(18-16-26)28-19-21-29(22-20-28)30-23-4-2/h9-12,19-22,26-27H,3-8,15-18,23H2,1-2H3. The van der Waals surface area contributed by atoms with Crippen LogP contribution in [0.5, 0.6) is 5.75 Å². The molecular weight excluding hydrogens is 364 g/mol. The Balaban J connectivity index is 1.44. The number of hydrogen-bond donors (Lipinski definition) is 0. The number of aryl methyl sites for hydroxylation is 1. The fourth-order valence-corrected chi connectivity index (χ4v) is 4.32. The maximum Gasteiger partial charge on any atom is 0.119 e. The van der Waals surface area contributed by atoms with Crippen LogP contribution in [0.15, 0.2) is 48.5 Å². The Kier molecular flexibility index (Phi) is 9.36. The number of benzene rings is 2. The van der Waals surface area contributed by atoms with Crippen LogP contribution in [0.25, 0.3) is 0 Å². The Hall–Kier alpha value is -2.20. The summed E-state index contributed by atoms with van der Waals surface area (Å²) >= 11 is 0. The Morgan fingerprint density at radius 1 is 0.800 bits per heavy atom. The summed E-state index contributed by atoms with van der Waals surface area (Å²) in [4.78, 5) is 0. The minimum Gasteiger partial charge on any atom is -0.494 e. The average Bonchev–Trinajstić information content (AvgIpc) is 2.81. The summed E-state index contributed by atoms with van der Waals surface area (Å²) in [6.07, 6.45) is 12.5. The molecule has 0 saturated heterocycles. The van der Waals surface area contributed by atoms with Gasteiger partial charge in [0, 0.05) is 11.5 Å². The molecular formula is C29H38O. The zero-order valence-electron chi connectivity index (χ0n) is 19.0. The van der Waals surface area contributed by atoms with E-state index in [1.54, 1.807) is 0 Å². The molecule has 0 N–H and O–H groups in total. The van der Waals surface area contributed by atoms with Crippen molar-refractivity contribution in [1.82, 2.24) is 0 Å². The lowest BCUT2D eigenvalue weighted by Gasteiger charge is -2.26. The van der Waals surface area contributed by atoms with Crippen LogP contribution in [-0.2, 0) is 6.42 Å². The van der Waals surface area contributed by atoms with Crippen LogP contribution in [0.4, 0.5) is 0 Å². The van der Waals surface area contributed by atoms with Crippen LogP contribution >= 0.6 is 0 Å². The molecule has 0 amide bonds. The van der Waals surface area contributed by atoms with Gasteiger partial charge in [-0.3, -0.25) is 0 Å². The van der Waals surface area contributed by atoms with E-state index in [1.807, 2.05) is 0 Å². The SMILES string of the molecule is CCCCCCc1ccc(C#CC2CCC(c3ccc(OCCC)cc3)CC2)cc1. The maximum absolute atomic E-state index is 5.71. The normalized spacial score (nSPS) is 18.5. The molecule has 30 heavy (non-hydrogen) atoms. The highest BCUT2D eigenvalue weighted by Crippen LogP contribution is 2.36. The first-order valence-corrected chi connectivity index (χ1v) is 12.1. The molecule has 0 heterocycles. The summed E-state index contributed by atoms with van der Waals surface area (Å²) in [5.74, 6) is 9.20. The molecule has 0 unspecified atom stereocenters. The molecule has 0 spiro atoms. The lowest BCUT2D eigenvalue weighted by Crippen LogP contribution is -2.12. The summed E-state index contributed by atoms with van der Waals surface area (Å²) in [5.41, 5.74) is 4.07. The van der Waals surface area contributed by atoms with Gasteiger partial charge < -0.3 is 4.74 Å². The largest absolute Gasteiger partial charge is 0.494 e. The van der Waals surface area contributed by atoms with Crippen molar-refractivity contribution in [3.63, 3.8) is 0 Å². The van der Waals surface area contributed by atoms with Crippen molar-refractivity contribution in [1.29, 1.82) is 0 Å². The van der Waals surface area contributed by atoms with Gasteiger partial charge in [-0.1, -0.05) is 69.2 Å². The van der Waals surface area contributed by atoms with Crippen molar-refractivity contribution in [2.45, 2.75) is 84.0 Å². The predicted molar refractivity (Wildman–Crippen MR) is 128 cm³/mol. The molecule has 1 aliphatic carbocycles. The Bertz CT molecular complexity index is 783. The van der Waals surface area contributed by atoms with Crippen molar-refractivity contribution in [2.75, 3.05) is 6.61 Å². The molecule has 1 heteroatoms. The van der Waals surface area contributed by atoms with Gasteiger partial charge in [-0.15, -0.1) is 0 Å². The summed E-state index contributed by atoms with van der Waals surface area (Å²) in [5, 5.41) is 0. The van der Waals surface area contributed by atoms with E-state index in [1.165, 1.54) is 68.9 Å². The van der Waals surface area contributed by atoms with Crippen LogP contribution in [0.1, 0.15) is 94.2 Å². The van der Waals surface area contributed by atoms with Gasteiger partial charge in [0.15, 0.2) is 0 Å². The number of rotatable bonds is 9. The molecule has 0 aliphatic heterocycles. The topological polar surface area (TPSA) is 9.23 Å². The van der Waals surface area contributed by atoms with E-state index >= 15 is 0 Å². The highest BCUT2D eigenvalue weighted by Gasteiger charge is 2.21. The molecule has 0 atom stereocenters. The second-order valence-corrected chi connectivity index (χ2v) is 8.74. The van der Waals surface area contributed by atoms with Gasteiger partial charge in [0.25, 0.3) is 0 Å². The molecule has 0 aromatic heterocycles.